The Morgan fingerprint density at radius 3 is 2.14 bits per heavy atom. The molecule has 1 amide bonds. The maximum absolute atomic E-state index is 12.9. The minimum atomic E-state index is -3.54. The van der Waals surface area contributed by atoms with Crippen molar-refractivity contribution in [1.82, 2.24) is 9.21 Å². The molecule has 0 atom stereocenters. The summed E-state index contributed by atoms with van der Waals surface area (Å²) in [5.74, 6) is 0.855. The summed E-state index contributed by atoms with van der Waals surface area (Å²) in [7, 11) is -3.54. The van der Waals surface area contributed by atoms with E-state index >= 15 is 0 Å². The molecule has 1 aliphatic heterocycles. The summed E-state index contributed by atoms with van der Waals surface area (Å²) in [5.41, 5.74) is 1.10. The molecule has 0 N–H and O–H groups in total. The van der Waals surface area contributed by atoms with Crippen LogP contribution in [0.5, 0.6) is 5.75 Å². The average Bonchev–Trinajstić information content (AvgIpc) is 2.73. The fourth-order valence-electron chi connectivity index (χ4n) is 3.10. The summed E-state index contributed by atoms with van der Waals surface area (Å²) in [5, 5.41) is 0. The highest BCUT2D eigenvalue weighted by Gasteiger charge is 2.30. The predicted molar refractivity (Wildman–Crippen MR) is 108 cm³/mol. The normalized spacial score (nSPS) is 15.6. The van der Waals surface area contributed by atoms with E-state index in [1.165, 1.54) is 4.31 Å². The van der Waals surface area contributed by atoms with Crippen molar-refractivity contribution >= 4 is 15.9 Å². The second-order valence-electron chi connectivity index (χ2n) is 7.11. The van der Waals surface area contributed by atoms with Crippen LogP contribution in [0.2, 0.25) is 0 Å². The molecule has 3 rings (SSSR count). The first-order chi connectivity index (χ1) is 13.4. The largest absolute Gasteiger partial charge is 0.484 e. The van der Waals surface area contributed by atoms with E-state index in [0.717, 1.165) is 5.56 Å². The number of amides is 1. The van der Waals surface area contributed by atoms with Crippen molar-refractivity contribution in [3.05, 3.63) is 60.2 Å². The van der Waals surface area contributed by atoms with Crippen molar-refractivity contribution in [2.75, 3.05) is 32.8 Å². The van der Waals surface area contributed by atoms with Crippen molar-refractivity contribution in [3.8, 4) is 5.75 Å². The second-order valence-corrected chi connectivity index (χ2v) is 9.05. The van der Waals surface area contributed by atoms with E-state index < -0.39 is 10.0 Å². The number of sulfonamides is 1. The average molecular weight is 403 g/mol. The van der Waals surface area contributed by atoms with Crippen molar-refractivity contribution < 1.29 is 17.9 Å². The summed E-state index contributed by atoms with van der Waals surface area (Å²) in [6, 6.07) is 16.2. The monoisotopic (exact) mass is 402 g/mol. The highest BCUT2D eigenvalue weighted by atomic mass is 32.2. The molecule has 0 unspecified atom stereocenters. The predicted octanol–water partition coefficient (Wildman–Crippen LogP) is 2.72. The smallest absolute Gasteiger partial charge is 0.260 e. The number of para-hydroxylation sites is 1. The molecule has 1 aliphatic rings. The molecule has 0 aliphatic carbocycles. The van der Waals surface area contributed by atoms with Crippen molar-refractivity contribution in [2.24, 2.45) is 0 Å². The molecular weight excluding hydrogens is 376 g/mol. The Bertz CT molecular complexity index is 888. The standard InChI is InChI=1S/C21H26N2O4S/c1-17(2)18-8-10-20(11-9-18)28(25,26)23-14-12-22(13-15-23)21(24)16-27-19-6-4-3-5-7-19/h3-11,17H,12-16H2,1-2H3. The van der Waals surface area contributed by atoms with Crippen molar-refractivity contribution in [2.45, 2.75) is 24.7 Å². The quantitative estimate of drug-likeness (QED) is 0.745. The zero-order valence-corrected chi connectivity index (χ0v) is 17.1. The van der Waals surface area contributed by atoms with Crippen LogP contribution in [0.4, 0.5) is 0 Å². The number of piperazine rings is 1. The lowest BCUT2D eigenvalue weighted by molar-refractivity contribution is -0.134. The van der Waals surface area contributed by atoms with Crippen LogP contribution in [0, 0.1) is 0 Å². The Labute approximate surface area is 166 Å². The molecule has 7 heteroatoms. The number of rotatable bonds is 6. The molecule has 0 saturated carbocycles. The van der Waals surface area contributed by atoms with Crippen molar-refractivity contribution in [3.63, 3.8) is 0 Å². The molecule has 2 aromatic carbocycles. The number of hydrogen-bond donors (Lipinski definition) is 0. The molecule has 2 aromatic rings. The second kappa shape index (κ2) is 8.75. The summed E-state index contributed by atoms with van der Waals surface area (Å²) in [6.45, 7) is 5.38. The third kappa shape index (κ3) is 4.72. The Morgan fingerprint density at radius 2 is 1.57 bits per heavy atom. The lowest BCUT2D eigenvalue weighted by atomic mass is 10.0. The first-order valence-electron chi connectivity index (χ1n) is 9.43. The van der Waals surface area contributed by atoms with Gasteiger partial charge < -0.3 is 9.64 Å². The fraction of sp³-hybridized carbons (Fsp3) is 0.381. The highest BCUT2D eigenvalue weighted by molar-refractivity contribution is 7.89. The van der Waals surface area contributed by atoms with Gasteiger partial charge in [-0.05, 0) is 35.7 Å². The lowest BCUT2D eigenvalue weighted by Crippen LogP contribution is -2.51. The fourth-order valence-corrected chi connectivity index (χ4v) is 4.53. The van der Waals surface area contributed by atoms with Gasteiger partial charge in [0, 0.05) is 26.2 Å². The van der Waals surface area contributed by atoms with Gasteiger partial charge in [-0.2, -0.15) is 4.31 Å². The molecule has 0 aromatic heterocycles. The molecule has 6 nitrogen and oxygen atoms in total. The maximum atomic E-state index is 12.9. The Balaban J connectivity index is 1.55. The number of carbonyl (C=O) groups is 1. The molecule has 0 radical (unpaired) electrons. The van der Waals surface area contributed by atoms with Gasteiger partial charge in [-0.25, -0.2) is 8.42 Å². The molecule has 150 valence electrons. The maximum Gasteiger partial charge on any atom is 0.260 e. The number of nitrogens with zero attached hydrogens (tertiary/aromatic N) is 2. The van der Waals surface area contributed by atoms with E-state index in [1.54, 1.807) is 29.2 Å². The van der Waals surface area contributed by atoms with Crippen LogP contribution < -0.4 is 4.74 Å². The molecule has 0 spiro atoms. The topological polar surface area (TPSA) is 66.9 Å². The van der Waals surface area contributed by atoms with E-state index in [1.807, 2.05) is 30.3 Å². The van der Waals surface area contributed by atoms with E-state index in [2.05, 4.69) is 13.8 Å². The molecule has 1 fully saturated rings. The van der Waals surface area contributed by atoms with E-state index in [-0.39, 0.29) is 25.6 Å². The lowest BCUT2D eigenvalue weighted by Gasteiger charge is -2.34. The summed E-state index contributed by atoms with van der Waals surface area (Å²) in [6.07, 6.45) is 0. The van der Waals surface area contributed by atoms with Crippen molar-refractivity contribution in [1.29, 1.82) is 0 Å². The minimum absolute atomic E-state index is 0.0482. The number of carbonyl (C=O) groups excluding carboxylic acids is 1. The van der Waals surface area contributed by atoms with Gasteiger partial charge in [0.1, 0.15) is 5.75 Å². The van der Waals surface area contributed by atoms with Gasteiger partial charge in [0.05, 0.1) is 4.90 Å². The van der Waals surface area contributed by atoms with Gasteiger partial charge in [-0.3, -0.25) is 4.79 Å². The van der Waals surface area contributed by atoms with Crippen LogP contribution in [-0.4, -0.2) is 56.3 Å². The Kier molecular flexibility index (Phi) is 6.36. The van der Waals surface area contributed by atoms with Gasteiger partial charge in [-0.15, -0.1) is 0 Å². The zero-order chi connectivity index (χ0) is 20.1. The Morgan fingerprint density at radius 1 is 0.964 bits per heavy atom. The summed E-state index contributed by atoms with van der Waals surface area (Å²) < 4.78 is 32.6. The zero-order valence-electron chi connectivity index (χ0n) is 16.2. The van der Waals surface area contributed by atoms with E-state index in [4.69, 9.17) is 4.74 Å². The van der Waals surface area contributed by atoms with Crippen LogP contribution in [0.15, 0.2) is 59.5 Å². The van der Waals surface area contributed by atoms with Crippen LogP contribution in [-0.2, 0) is 14.8 Å². The molecular formula is C21H26N2O4S. The van der Waals surface area contributed by atoms with Crippen LogP contribution in [0.1, 0.15) is 25.3 Å². The summed E-state index contributed by atoms with van der Waals surface area (Å²) in [4.78, 5) is 14.3. The van der Waals surface area contributed by atoms with Gasteiger partial charge >= 0.3 is 0 Å². The van der Waals surface area contributed by atoms with Crippen LogP contribution in [0.25, 0.3) is 0 Å². The third-order valence-electron chi connectivity index (χ3n) is 4.88. The number of benzene rings is 2. The SMILES string of the molecule is CC(C)c1ccc(S(=O)(=O)N2CCN(C(=O)COc3ccccc3)CC2)cc1. The van der Waals surface area contributed by atoms with Crippen LogP contribution >= 0.6 is 0 Å². The van der Waals surface area contributed by atoms with E-state index in [9.17, 15) is 13.2 Å². The number of hydrogen-bond acceptors (Lipinski definition) is 4. The highest BCUT2D eigenvalue weighted by Crippen LogP contribution is 2.21. The molecule has 1 saturated heterocycles. The first kappa shape index (κ1) is 20.4. The number of ether oxygens (including phenoxy) is 1. The summed E-state index contributed by atoms with van der Waals surface area (Å²) >= 11 is 0. The van der Waals surface area contributed by atoms with Gasteiger partial charge in [0.25, 0.3) is 5.91 Å². The molecule has 28 heavy (non-hydrogen) atoms. The third-order valence-corrected chi connectivity index (χ3v) is 6.79. The molecule has 1 heterocycles. The molecule has 0 bridgehead atoms. The Hall–Kier alpha value is -2.38. The van der Waals surface area contributed by atoms with Gasteiger partial charge in [0.2, 0.25) is 10.0 Å². The van der Waals surface area contributed by atoms with E-state index in [0.29, 0.717) is 29.7 Å². The van der Waals surface area contributed by atoms with Gasteiger partial charge in [0.15, 0.2) is 6.61 Å². The first-order valence-corrected chi connectivity index (χ1v) is 10.9. The van der Waals surface area contributed by atoms with Gasteiger partial charge in [-0.1, -0.05) is 44.2 Å². The van der Waals surface area contributed by atoms with Crippen LogP contribution in [0.3, 0.4) is 0 Å². The minimum Gasteiger partial charge on any atom is -0.484 e.